The van der Waals surface area contributed by atoms with Gasteiger partial charge in [-0.25, -0.2) is 4.79 Å². The second-order valence-corrected chi connectivity index (χ2v) is 6.74. The number of piperidine rings is 1. The average Bonchev–Trinajstić information content (AvgIpc) is 2.65. The quantitative estimate of drug-likeness (QED) is 0.876. The van der Waals surface area contributed by atoms with Crippen LogP contribution in [-0.4, -0.2) is 30.0 Å². The molecule has 2 aromatic carbocycles. The number of benzene rings is 2. The van der Waals surface area contributed by atoms with E-state index in [4.69, 9.17) is 4.74 Å². The van der Waals surface area contributed by atoms with E-state index in [0.717, 1.165) is 12.0 Å². The van der Waals surface area contributed by atoms with Crippen LogP contribution in [0.2, 0.25) is 0 Å². The first-order chi connectivity index (χ1) is 12.6. The maximum atomic E-state index is 12.3. The second-order valence-electron chi connectivity index (χ2n) is 6.74. The predicted molar refractivity (Wildman–Crippen MR) is 101 cm³/mol. The van der Waals surface area contributed by atoms with E-state index in [0.29, 0.717) is 31.1 Å². The van der Waals surface area contributed by atoms with Crippen molar-refractivity contribution in [3.8, 4) is 0 Å². The van der Waals surface area contributed by atoms with E-state index in [1.807, 2.05) is 53.4 Å². The SMILES string of the molecule is CC1CCC(=O)N(CC(OC(=O)Nc2ccccc2)c2ccccc2)C1. The van der Waals surface area contributed by atoms with Crippen LogP contribution in [0.4, 0.5) is 10.5 Å². The van der Waals surface area contributed by atoms with Crippen molar-refractivity contribution in [3.63, 3.8) is 0 Å². The molecular formula is C21H24N2O3. The summed E-state index contributed by atoms with van der Waals surface area (Å²) in [7, 11) is 0. The van der Waals surface area contributed by atoms with E-state index in [9.17, 15) is 9.59 Å². The molecule has 1 aliphatic heterocycles. The zero-order chi connectivity index (χ0) is 18.4. The Morgan fingerprint density at radius 2 is 1.81 bits per heavy atom. The van der Waals surface area contributed by atoms with E-state index in [2.05, 4.69) is 12.2 Å². The third-order valence-corrected chi connectivity index (χ3v) is 4.56. The van der Waals surface area contributed by atoms with Gasteiger partial charge in [0.15, 0.2) is 0 Å². The van der Waals surface area contributed by atoms with Crippen LogP contribution in [0.3, 0.4) is 0 Å². The Morgan fingerprint density at radius 3 is 2.50 bits per heavy atom. The fourth-order valence-electron chi connectivity index (χ4n) is 3.15. The first kappa shape index (κ1) is 18.0. The van der Waals surface area contributed by atoms with Crippen LogP contribution in [0.5, 0.6) is 0 Å². The van der Waals surface area contributed by atoms with Crippen molar-refractivity contribution < 1.29 is 14.3 Å². The number of amides is 2. The van der Waals surface area contributed by atoms with Crippen LogP contribution in [0.1, 0.15) is 31.4 Å². The van der Waals surface area contributed by atoms with E-state index < -0.39 is 12.2 Å². The minimum absolute atomic E-state index is 0.121. The van der Waals surface area contributed by atoms with Gasteiger partial charge >= 0.3 is 6.09 Å². The molecule has 0 aliphatic carbocycles. The number of carbonyl (C=O) groups is 2. The fourth-order valence-corrected chi connectivity index (χ4v) is 3.15. The number of carbonyl (C=O) groups excluding carboxylic acids is 2. The highest BCUT2D eigenvalue weighted by Gasteiger charge is 2.27. The number of nitrogens with zero attached hydrogens (tertiary/aromatic N) is 1. The number of hydrogen-bond donors (Lipinski definition) is 1. The van der Waals surface area contributed by atoms with Gasteiger partial charge in [-0.3, -0.25) is 10.1 Å². The molecule has 26 heavy (non-hydrogen) atoms. The molecule has 0 spiro atoms. The fraction of sp³-hybridized carbons (Fsp3) is 0.333. The molecule has 2 aromatic rings. The summed E-state index contributed by atoms with van der Waals surface area (Å²) in [4.78, 5) is 26.4. The topological polar surface area (TPSA) is 58.6 Å². The zero-order valence-electron chi connectivity index (χ0n) is 14.9. The molecule has 0 radical (unpaired) electrons. The summed E-state index contributed by atoms with van der Waals surface area (Å²) in [5.74, 6) is 0.582. The largest absolute Gasteiger partial charge is 0.439 e. The number of para-hydroxylation sites is 1. The summed E-state index contributed by atoms with van der Waals surface area (Å²) >= 11 is 0. The maximum absolute atomic E-state index is 12.3. The number of ether oxygens (including phenoxy) is 1. The van der Waals surface area contributed by atoms with Gasteiger partial charge in [0.2, 0.25) is 5.91 Å². The molecule has 1 fully saturated rings. The lowest BCUT2D eigenvalue weighted by Crippen LogP contribution is -2.42. The van der Waals surface area contributed by atoms with E-state index in [1.165, 1.54) is 0 Å². The van der Waals surface area contributed by atoms with Crippen LogP contribution in [0, 0.1) is 5.92 Å². The number of anilines is 1. The number of nitrogens with one attached hydrogen (secondary N) is 1. The van der Waals surface area contributed by atoms with Crippen molar-refractivity contribution in [2.75, 3.05) is 18.4 Å². The Balaban J connectivity index is 1.71. The van der Waals surface area contributed by atoms with Crippen LogP contribution < -0.4 is 5.32 Å². The van der Waals surface area contributed by atoms with Crippen molar-refractivity contribution in [1.29, 1.82) is 0 Å². The van der Waals surface area contributed by atoms with Crippen molar-refractivity contribution in [2.24, 2.45) is 5.92 Å². The summed E-state index contributed by atoms with van der Waals surface area (Å²) in [6.45, 7) is 3.21. The Labute approximate surface area is 154 Å². The van der Waals surface area contributed by atoms with Gasteiger partial charge in [0.25, 0.3) is 0 Å². The summed E-state index contributed by atoms with van der Waals surface area (Å²) in [5.41, 5.74) is 1.55. The third-order valence-electron chi connectivity index (χ3n) is 4.56. The molecule has 3 rings (SSSR count). The number of likely N-dealkylation sites (tertiary alicyclic amines) is 1. The van der Waals surface area contributed by atoms with Crippen LogP contribution >= 0.6 is 0 Å². The Bertz CT molecular complexity index is 733. The molecule has 1 N–H and O–H groups in total. The van der Waals surface area contributed by atoms with Gasteiger partial charge in [0.05, 0.1) is 6.54 Å². The van der Waals surface area contributed by atoms with E-state index in [1.54, 1.807) is 12.1 Å². The van der Waals surface area contributed by atoms with Crippen LogP contribution in [0.15, 0.2) is 60.7 Å². The van der Waals surface area contributed by atoms with Crippen molar-refractivity contribution in [1.82, 2.24) is 4.90 Å². The van der Waals surface area contributed by atoms with E-state index >= 15 is 0 Å². The van der Waals surface area contributed by atoms with Gasteiger partial charge in [-0.05, 0) is 30.0 Å². The van der Waals surface area contributed by atoms with Crippen molar-refractivity contribution >= 4 is 17.7 Å². The number of hydrogen-bond acceptors (Lipinski definition) is 3. The summed E-state index contributed by atoms with van der Waals surface area (Å²) in [6.07, 6.45) is 0.441. The number of rotatable bonds is 5. The standard InChI is InChI=1S/C21H24N2O3/c1-16-12-13-20(24)23(14-16)15-19(17-8-4-2-5-9-17)26-21(25)22-18-10-6-3-7-11-18/h2-11,16,19H,12-15H2,1H3,(H,22,25). The van der Waals surface area contributed by atoms with Gasteiger partial charge in [-0.15, -0.1) is 0 Å². The monoisotopic (exact) mass is 352 g/mol. The summed E-state index contributed by atoms with van der Waals surface area (Å²) in [5, 5.41) is 2.73. The molecule has 2 amide bonds. The third kappa shape index (κ3) is 4.85. The highest BCUT2D eigenvalue weighted by Crippen LogP contribution is 2.24. The molecule has 1 saturated heterocycles. The molecular weight excluding hydrogens is 328 g/mol. The van der Waals surface area contributed by atoms with Gasteiger partial charge in [-0.1, -0.05) is 55.5 Å². The smallest absolute Gasteiger partial charge is 0.412 e. The minimum atomic E-state index is -0.525. The molecule has 5 heteroatoms. The highest BCUT2D eigenvalue weighted by molar-refractivity contribution is 5.84. The molecule has 2 unspecified atom stereocenters. The zero-order valence-corrected chi connectivity index (χ0v) is 14.9. The highest BCUT2D eigenvalue weighted by atomic mass is 16.6. The first-order valence-corrected chi connectivity index (χ1v) is 8.97. The normalized spacial score (nSPS) is 18.3. The predicted octanol–water partition coefficient (Wildman–Crippen LogP) is 4.23. The Kier molecular flexibility index (Phi) is 5.89. The van der Waals surface area contributed by atoms with Crippen LogP contribution in [0.25, 0.3) is 0 Å². The lowest BCUT2D eigenvalue weighted by molar-refractivity contribution is -0.136. The summed E-state index contributed by atoms with van der Waals surface area (Å²) < 4.78 is 5.68. The lowest BCUT2D eigenvalue weighted by atomic mass is 9.98. The average molecular weight is 352 g/mol. The molecule has 1 heterocycles. The lowest BCUT2D eigenvalue weighted by Gasteiger charge is -2.33. The maximum Gasteiger partial charge on any atom is 0.412 e. The van der Waals surface area contributed by atoms with Gasteiger partial charge < -0.3 is 9.64 Å². The van der Waals surface area contributed by atoms with Crippen LogP contribution in [-0.2, 0) is 9.53 Å². The van der Waals surface area contributed by atoms with E-state index in [-0.39, 0.29) is 5.91 Å². The molecule has 5 nitrogen and oxygen atoms in total. The van der Waals surface area contributed by atoms with Crippen molar-refractivity contribution in [2.45, 2.75) is 25.9 Å². The molecule has 0 aromatic heterocycles. The summed E-state index contributed by atoms with van der Waals surface area (Å²) in [6, 6.07) is 18.7. The minimum Gasteiger partial charge on any atom is -0.439 e. The molecule has 2 atom stereocenters. The Morgan fingerprint density at radius 1 is 1.15 bits per heavy atom. The first-order valence-electron chi connectivity index (χ1n) is 8.97. The molecule has 0 bridgehead atoms. The van der Waals surface area contributed by atoms with Gasteiger partial charge in [0, 0.05) is 18.7 Å². The Hall–Kier alpha value is -2.82. The van der Waals surface area contributed by atoms with Gasteiger partial charge in [0.1, 0.15) is 6.10 Å². The second kappa shape index (κ2) is 8.52. The molecule has 136 valence electrons. The van der Waals surface area contributed by atoms with Crippen molar-refractivity contribution in [3.05, 3.63) is 66.2 Å². The molecule has 0 saturated carbocycles. The molecule has 1 aliphatic rings. The van der Waals surface area contributed by atoms with Gasteiger partial charge in [-0.2, -0.15) is 0 Å².